The number of rotatable bonds is 5. The Morgan fingerprint density at radius 2 is 2.53 bits per heavy atom. The molecule has 6 nitrogen and oxygen atoms in total. The first-order valence-corrected chi connectivity index (χ1v) is 7.39. The van der Waals surface area contributed by atoms with E-state index in [0.29, 0.717) is 15.7 Å². The van der Waals surface area contributed by atoms with Crippen LogP contribution in [0.5, 0.6) is 0 Å². The maximum Gasteiger partial charge on any atom is 0.235 e. The molecule has 0 aromatic carbocycles. The molecule has 0 spiro atoms. The van der Waals surface area contributed by atoms with Gasteiger partial charge in [0.1, 0.15) is 17.4 Å². The van der Waals surface area contributed by atoms with E-state index in [4.69, 9.17) is 5.26 Å². The van der Waals surface area contributed by atoms with Gasteiger partial charge < -0.3 is 9.88 Å². The molecule has 0 atom stereocenters. The fourth-order valence-corrected chi connectivity index (χ4v) is 2.89. The predicted molar refractivity (Wildman–Crippen MR) is 74.1 cm³/mol. The number of aryl methyl sites for hydroxylation is 1. The van der Waals surface area contributed by atoms with Crippen molar-refractivity contribution in [2.45, 2.75) is 18.6 Å². The third-order valence-electron chi connectivity index (χ3n) is 2.29. The van der Waals surface area contributed by atoms with Crippen molar-refractivity contribution in [1.29, 1.82) is 5.26 Å². The smallest absolute Gasteiger partial charge is 0.235 e. The Bertz CT molecular complexity index is 613. The summed E-state index contributed by atoms with van der Waals surface area (Å²) in [6, 6.07) is 3.71. The Labute approximate surface area is 118 Å². The minimum absolute atomic E-state index is 0.158. The summed E-state index contributed by atoms with van der Waals surface area (Å²) in [5.41, 5.74) is 0.486. The highest BCUT2D eigenvalue weighted by molar-refractivity contribution is 7.99. The number of carbonyl (C=O) groups is 1. The van der Waals surface area contributed by atoms with E-state index in [2.05, 4.69) is 15.5 Å². The summed E-state index contributed by atoms with van der Waals surface area (Å²) >= 11 is 2.66. The van der Waals surface area contributed by atoms with Gasteiger partial charge in [-0.25, -0.2) is 0 Å². The number of anilines is 1. The summed E-state index contributed by atoms with van der Waals surface area (Å²) in [7, 11) is 0. The van der Waals surface area contributed by atoms with Crippen LogP contribution in [0.4, 0.5) is 5.00 Å². The van der Waals surface area contributed by atoms with Crippen molar-refractivity contribution in [2.24, 2.45) is 0 Å². The summed E-state index contributed by atoms with van der Waals surface area (Å²) in [5, 5.41) is 22.4. The zero-order valence-electron chi connectivity index (χ0n) is 10.2. The van der Waals surface area contributed by atoms with Gasteiger partial charge in [-0.1, -0.05) is 11.8 Å². The van der Waals surface area contributed by atoms with Crippen LogP contribution < -0.4 is 5.32 Å². The van der Waals surface area contributed by atoms with Gasteiger partial charge in [0.25, 0.3) is 0 Å². The molecule has 0 fully saturated rings. The zero-order valence-corrected chi connectivity index (χ0v) is 11.8. The van der Waals surface area contributed by atoms with E-state index in [9.17, 15) is 4.79 Å². The quantitative estimate of drug-likeness (QED) is 0.852. The van der Waals surface area contributed by atoms with Crippen molar-refractivity contribution in [2.75, 3.05) is 11.1 Å². The topological polar surface area (TPSA) is 83.6 Å². The molecule has 2 rings (SSSR count). The molecule has 0 aliphatic heterocycles. The predicted octanol–water partition coefficient (Wildman–Crippen LogP) is 1.96. The molecule has 0 radical (unpaired) electrons. The highest BCUT2D eigenvalue weighted by atomic mass is 32.2. The standard InChI is InChI=1S/C11H11N5OS2/c1-2-16-7-13-15-11(16)19-6-9(17)14-10-8(5-12)3-4-18-10/h3-4,7H,2,6H2,1H3,(H,14,17). The van der Waals surface area contributed by atoms with Crippen LogP contribution in [0.15, 0.2) is 22.9 Å². The van der Waals surface area contributed by atoms with Crippen molar-refractivity contribution in [3.8, 4) is 6.07 Å². The Kier molecular flexibility index (Phi) is 4.54. The highest BCUT2D eigenvalue weighted by Crippen LogP contribution is 2.23. The van der Waals surface area contributed by atoms with Crippen LogP contribution in [0.2, 0.25) is 0 Å². The van der Waals surface area contributed by atoms with E-state index >= 15 is 0 Å². The molecule has 0 bridgehead atoms. The number of nitrogens with one attached hydrogen (secondary N) is 1. The Morgan fingerprint density at radius 1 is 1.68 bits per heavy atom. The van der Waals surface area contributed by atoms with Crippen molar-refractivity contribution < 1.29 is 4.79 Å². The number of thioether (sulfide) groups is 1. The summed E-state index contributed by atoms with van der Waals surface area (Å²) in [4.78, 5) is 11.8. The number of carbonyl (C=O) groups excluding carboxylic acids is 1. The first-order chi connectivity index (χ1) is 9.24. The van der Waals surface area contributed by atoms with E-state index in [-0.39, 0.29) is 11.7 Å². The van der Waals surface area contributed by atoms with E-state index in [1.807, 2.05) is 17.6 Å². The van der Waals surface area contributed by atoms with E-state index < -0.39 is 0 Å². The summed E-state index contributed by atoms with van der Waals surface area (Å²) < 4.78 is 1.86. The number of aromatic nitrogens is 3. The molecule has 1 N–H and O–H groups in total. The molecule has 19 heavy (non-hydrogen) atoms. The van der Waals surface area contributed by atoms with Gasteiger partial charge in [-0.05, 0) is 18.4 Å². The van der Waals surface area contributed by atoms with Crippen LogP contribution in [-0.2, 0) is 11.3 Å². The molecular weight excluding hydrogens is 282 g/mol. The number of hydrogen-bond acceptors (Lipinski definition) is 6. The van der Waals surface area contributed by atoms with Crippen LogP contribution in [0.1, 0.15) is 12.5 Å². The lowest BCUT2D eigenvalue weighted by atomic mass is 10.3. The van der Waals surface area contributed by atoms with Gasteiger partial charge in [-0.3, -0.25) is 4.79 Å². The molecule has 2 heterocycles. The first-order valence-electron chi connectivity index (χ1n) is 5.52. The average molecular weight is 293 g/mol. The number of thiophene rings is 1. The van der Waals surface area contributed by atoms with Gasteiger partial charge in [0.15, 0.2) is 5.16 Å². The third-order valence-corrected chi connectivity index (χ3v) is 4.10. The molecule has 98 valence electrons. The second kappa shape index (κ2) is 6.36. The molecule has 0 aliphatic rings. The largest absolute Gasteiger partial charge is 0.316 e. The van der Waals surface area contributed by atoms with Crippen LogP contribution in [0.25, 0.3) is 0 Å². The van der Waals surface area contributed by atoms with Gasteiger partial charge in [0.05, 0.1) is 11.3 Å². The molecule has 0 saturated carbocycles. The van der Waals surface area contributed by atoms with Gasteiger partial charge in [-0.2, -0.15) is 5.26 Å². The van der Waals surface area contributed by atoms with Crippen molar-refractivity contribution in [3.63, 3.8) is 0 Å². The number of nitrogens with zero attached hydrogens (tertiary/aromatic N) is 4. The molecule has 8 heteroatoms. The summed E-state index contributed by atoms with van der Waals surface area (Å²) in [5.74, 6) is 0.0798. The second-order valence-corrected chi connectivity index (χ2v) is 5.37. The molecule has 2 aromatic rings. The maximum absolute atomic E-state index is 11.8. The van der Waals surface area contributed by atoms with E-state index in [1.54, 1.807) is 17.8 Å². The molecule has 2 aromatic heterocycles. The van der Waals surface area contributed by atoms with Crippen LogP contribution >= 0.6 is 23.1 Å². The van der Waals surface area contributed by atoms with E-state index in [1.165, 1.54) is 23.1 Å². The highest BCUT2D eigenvalue weighted by Gasteiger charge is 2.10. The average Bonchev–Trinajstić information content (AvgIpc) is 3.04. The van der Waals surface area contributed by atoms with Crippen LogP contribution in [-0.4, -0.2) is 26.4 Å². The zero-order chi connectivity index (χ0) is 13.7. The van der Waals surface area contributed by atoms with Crippen molar-refractivity contribution in [1.82, 2.24) is 14.8 Å². The molecule has 0 saturated heterocycles. The molecular formula is C11H11N5OS2. The molecule has 0 unspecified atom stereocenters. The summed E-state index contributed by atoms with van der Waals surface area (Å²) in [6.07, 6.45) is 1.63. The van der Waals surface area contributed by atoms with Crippen molar-refractivity contribution in [3.05, 3.63) is 23.3 Å². The fourth-order valence-electron chi connectivity index (χ4n) is 1.36. The van der Waals surface area contributed by atoms with Crippen LogP contribution in [0, 0.1) is 11.3 Å². The lowest BCUT2D eigenvalue weighted by molar-refractivity contribution is -0.113. The van der Waals surface area contributed by atoms with Gasteiger partial charge >= 0.3 is 0 Å². The van der Waals surface area contributed by atoms with E-state index in [0.717, 1.165) is 6.54 Å². The van der Waals surface area contributed by atoms with Crippen molar-refractivity contribution >= 4 is 34.0 Å². The lowest BCUT2D eigenvalue weighted by Gasteiger charge is -2.04. The minimum atomic E-state index is -0.158. The van der Waals surface area contributed by atoms with Gasteiger partial charge in [0.2, 0.25) is 5.91 Å². The molecule has 1 amide bonds. The Balaban J connectivity index is 1.91. The molecule has 0 aliphatic carbocycles. The minimum Gasteiger partial charge on any atom is -0.316 e. The monoisotopic (exact) mass is 293 g/mol. The normalized spacial score (nSPS) is 10.1. The first kappa shape index (κ1) is 13.6. The second-order valence-electron chi connectivity index (χ2n) is 3.51. The number of nitriles is 1. The Morgan fingerprint density at radius 3 is 3.26 bits per heavy atom. The SMILES string of the molecule is CCn1cnnc1SCC(=O)Nc1sccc1C#N. The fraction of sp³-hybridized carbons (Fsp3) is 0.273. The number of amides is 1. The summed E-state index contributed by atoms with van der Waals surface area (Å²) in [6.45, 7) is 2.75. The van der Waals surface area contributed by atoms with Crippen LogP contribution in [0.3, 0.4) is 0 Å². The lowest BCUT2D eigenvalue weighted by Crippen LogP contribution is -2.14. The van der Waals surface area contributed by atoms with Gasteiger partial charge in [-0.15, -0.1) is 21.5 Å². The maximum atomic E-state index is 11.8. The van der Waals surface area contributed by atoms with Gasteiger partial charge in [0, 0.05) is 6.54 Å². The number of hydrogen-bond donors (Lipinski definition) is 1. The third kappa shape index (κ3) is 3.33. The Hall–Kier alpha value is -1.85.